The van der Waals surface area contributed by atoms with Crippen molar-refractivity contribution < 1.29 is 14.6 Å². The maximum atomic E-state index is 11.6. The van der Waals surface area contributed by atoms with Gasteiger partial charge in [-0.2, -0.15) is 0 Å². The van der Waals surface area contributed by atoms with Crippen molar-refractivity contribution in [3.05, 3.63) is 41.5 Å². The molecule has 4 nitrogen and oxygen atoms in total. The molecule has 0 fully saturated rings. The van der Waals surface area contributed by atoms with Crippen LogP contribution in [0.25, 0.3) is 6.08 Å². The molecule has 0 radical (unpaired) electrons. The van der Waals surface area contributed by atoms with Gasteiger partial charge in [-0.25, -0.2) is 0 Å². The molecule has 0 aromatic heterocycles. The molecule has 19 heavy (non-hydrogen) atoms. The van der Waals surface area contributed by atoms with E-state index in [9.17, 15) is 9.90 Å². The molecule has 0 aliphatic carbocycles. The molecule has 0 heterocycles. The normalized spacial score (nSPS) is 12.6. The van der Waals surface area contributed by atoms with Crippen molar-refractivity contribution >= 4 is 12.0 Å². The van der Waals surface area contributed by atoms with E-state index in [2.05, 4.69) is 5.32 Å². The molecule has 0 saturated heterocycles. The first-order chi connectivity index (χ1) is 9.13. The van der Waals surface area contributed by atoms with Crippen LogP contribution in [0.5, 0.6) is 0 Å². The van der Waals surface area contributed by atoms with Crippen LogP contribution in [0.15, 0.2) is 30.3 Å². The summed E-state index contributed by atoms with van der Waals surface area (Å²) in [6.45, 7) is 2.72. The van der Waals surface area contributed by atoms with Crippen LogP contribution in [-0.2, 0) is 9.53 Å². The predicted molar refractivity (Wildman–Crippen MR) is 75.7 cm³/mol. The summed E-state index contributed by atoms with van der Waals surface area (Å²) in [5.41, 5.74) is 2.15. The third-order valence-corrected chi connectivity index (χ3v) is 2.74. The third kappa shape index (κ3) is 6.18. The number of aryl methyl sites for hydroxylation is 1. The van der Waals surface area contributed by atoms with E-state index >= 15 is 0 Å². The molecule has 1 atom stereocenters. The minimum atomic E-state index is -0.536. The number of hydrogen-bond donors (Lipinski definition) is 2. The van der Waals surface area contributed by atoms with Crippen LogP contribution in [-0.4, -0.2) is 37.4 Å². The summed E-state index contributed by atoms with van der Waals surface area (Å²) in [5, 5.41) is 12.1. The van der Waals surface area contributed by atoms with Gasteiger partial charge in [0.05, 0.1) is 12.7 Å². The van der Waals surface area contributed by atoms with Crippen molar-refractivity contribution in [2.24, 2.45) is 0 Å². The summed E-state index contributed by atoms with van der Waals surface area (Å²) in [7, 11) is 1.53. The minimum Gasteiger partial charge on any atom is -0.391 e. The van der Waals surface area contributed by atoms with Gasteiger partial charge in [0.15, 0.2) is 0 Å². The third-order valence-electron chi connectivity index (χ3n) is 2.74. The highest BCUT2D eigenvalue weighted by atomic mass is 16.5. The number of aliphatic hydroxyl groups is 1. The summed E-state index contributed by atoms with van der Waals surface area (Å²) in [6.07, 6.45) is 3.24. The van der Waals surface area contributed by atoms with Crippen molar-refractivity contribution in [2.75, 3.05) is 20.3 Å². The van der Waals surface area contributed by atoms with E-state index in [0.29, 0.717) is 13.0 Å². The topological polar surface area (TPSA) is 58.6 Å². The van der Waals surface area contributed by atoms with Gasteiger partial charge in [-0.3, -0.25) is 4.79 Å². The number of rotatable bonds is 7. The summed E-state index contributed by atoms with van der Waals surface area (Å²) in [6, 6.07) is 7.86. The Balaban J connectivity index is 2.33. The number of ether oxygens (including phenoxy) is 1. The zero-order valence-corrected chi connectivity index (χ0v) is 11.4. The molecule has 104 valence electrons. The first-order valence-electron chi connectivity index (χ1n) is 6.32. The van der Waals surface area contributed by atoms with Gasteiger partial charge in [-0.05, 0) is 30.5 Å². The Morgan fingerprint density at radius 3 is 2.89 bits per heavy atom. The minimum absolute atomic E-state index is 0.159. The number of benzene rings is 1. The van der Waals surface area contributed by atoms with Gasteiger partial charge in [0.1, 0.15) is 0 Å². The van der Waals surface area contributed by atoms with Crippen molar-refractivity contribution in [3.8, 4) is 0 Å². The average molecular weight is 263 g/mol. The van der Waals surface area contributed by atoms with Gasteiger partial charge < -0.3 is 15.2 Å². The van der Waals surface area contributed by atoms with Crippen LogP contribution in [0.3, 0.4) is 0 Å². The van der Waals surface area contributed by atoms with Crippen LogP contribution >= 0.6 is 0 Å². The molecular weight excluding hydrogens is 242 g/mol. The molecule has 0 spiro atoms. The Kier molecular flexibility index (Phi) is 6.85. The van der Waals surface area contributed by atoms with Crippen LogP contribution in [0, 0.1) is 6.92 Å². The molecule has 1 amide bonds. The Morgan fingerprint density at radius 2 is 2.21 bits per heavy atom. The van der Waals surface area contributed by atoms with Gasteiger partial charge in [0.25, 0.3) is 0 Å². The van der Waals surface area contributed by atoms with Gasteiger partial charge >= 0.3 is 0 Å². The molecule has 1 aromatic carbocycles. The highest BCUT2D eigenvalue weighted by molar-refractivity contribution is 5.91. The number of nitrogens with one attached hydrogen (secondary N) is 1. The Morgan fingerprint density at radius 1 is 1.47 bits per heavy atom. The maximum Gasteiger partial charge on any atom is 0.244 e. The lowest BCUT2D eigenvalue weighted by Gasteiger charge is -2.08. The monoisotopic (exact) mass is 263 g/mol. The number of methoxy groups -OCH3 is 1. The summed E-state index contributed by atoms with van der Waals surface area (Å²) in [5.74, 6) is -0.159. The van der Waals surface area contributed by atoms with Gasteiger partial charge in [-0.15, -0.1) is 0 Å². The second-order valence-corrected chi connectivity index (χ2v) is 4.38. The first-order valence-corrected chi connectivity index (χ1v) is 6.32. The van der Waals surface area contributed by atoms with Crippen LogP contribution in [0.2, 0.25) is 0 Å². The van der Waals surface area contributed by atoms with Gasteiger partial charge in [-0.1, -0.05) is 24.3 Å². The van der Waals surface area contributed by atoms with E-state index in [0.717, 1.165) is 11.1 Å². The largest absolute Gasteiger partial charge is 0.391 e. The fourth-order valence-corrected chi connectivity index (χ4v) is 1.64. The Bertz CT molecular complexity index is 429. The molecule has 0 bridgehead atoms. The quantitative estimate of drug-likeness (QED) is 0.733. The fraction of sp³-hybridized carbons (Fsp3) is 0.400. The smallest absolute Gasteiger partial charge is 0.244 e. The molecule has 1 rings (SSSR count). The van der Waals surface area contributed by atoms with E-state index in [4.69, 9.17) is 4.74 Å². The fourth-order valence-electron chi connectivity index (χ4n) is 1.64. The van der Waals surface area contributed by atoms with Crippen LogP contribution < -0.4 is 5.32 Å². The van der Waals surface area contributed by atoms with Gasteiger partial charge in [0.2, 0.25) is 5.91 Å². The maximum absolute atomic E-state index is 11.6. The molecular formula is C15H21NO3. The molecule has 1 unspecified atom stereocenters. The van der Waals surface area contributed by atoms with Crippen molar-refractivity contribution in [3.63, 3.8) is 0 Å². The molecule has 0 aliphatic rings. The van der Waals surface area contributed by atoms with Crippen LogP contribution in [0.1, 0.15) is 17.5 Å². The van der Waals surface area contributed by atoms with Crippen LogP contribution in [0.4, 0.5) is 0 Å². The lowest BCUT2D eigenvalue weighted by molar-refractivity contribution is -0.116. The average Bonchev–Trinajstić information content (AvgIpc) is 2.38. The number of amides is 1. The number of aliphatic hydroxyl groups excluding tert-OH is 1. The lowest BCUT2D eigenvalue weighted by atomic mass is 10.1. The summed E-state index contributed by atoms with van der Waals surface area (Å²) < 4.78 is 4.80. The second kappa shape index (κ2) is 8.45. The van der Waals surface area contributed by atoms with Crippen molar-refractivity contribution in [1.29, 1.82) is 0 Å². The van der Waals surface area contributed by atoms with E-state index in [1.807, 2.05) is 31.2 Å². The highest BCUT2D eigenvalue weighted by Crippen LogP contribution is 2.08. The predicted octanol–water partition coefficient (Wildman–Crippen LogP) is 1.52. The number of hydrogen-bond acceptors (Lipinski definition) is 3. The molecule has 4 heteroatoms. The molecule has 2 N–H and O–H groups in total. The van der Waals surface area contributed by atoms with Crippen molar-refractivity contribution in [2.45, 2.75) is 19.4 Å². The number of carbonyl (C=O) groups excluding carboxylic acids is 1. The molecule has 0 aliphatic heterocycles. The number of carbonyl (C=O) groups is 1. The van der Waals surface area contributed by atoms with Gasteiger partial charge in [0, 0.05) is 19.7 Å². The lowest BCUT2D eigenvalue weighted by Crippen LogP contribution is -2.27. The Labute approximate surface area is 114 Å². The zero-order chi connectivity index (χ0) is 14.1. The van der Waals surface area contributed by atoms with E-state index in [1.165, 1.54) is 13.2 Å². The SMILES string of the molecule is COCC(O)CCNC(=O)/C=C/c1ccccc1C. The second-order valence-electron chi connectivity index (χ2n) is 4.38. The van der Waals surface area contributed by atoms with Crippen molar-refractivity contribution in [1.82, 2.24) is 5.32 Å². The summed E-state index contributed by atoms with van der Waals surface area (Å²) in [4.78, 5) is 11.6. The zero-order valence-electron chi connectivity index (χ0n) is 11.4. The molecule has 0 saturated carbocycles. The highest BCUT2D eigenvalue weighted by Gasteiger charge is 2.03. The molecule has 1 aromatic rings. The van der Waals surface area contributed by atoms with E-state index in [1.54, 1.807) is 6.08 Å². The summed E-state index contributed by atoms with van der Waals surface area (Å²) >= 11 is 0. The van der Waals surface area contributed by atoms with E-state index in [-0.39, 0.29) is 12.5 Å². The Hall–Kier alpha value is -1.65. The van der Waals surface area contributed by atoms with E-state index < -0.39 is 6.10 Å². The standard InChI is InChI=1S/C15H21NO3/c1-12-5-3-4-6-13(12)7-8-15(18)16-10-9-14(17)11-19-2/h3-8,14,17H,9-11H2,1-2H3,(H,16,18)/b8-7+. The first kappa shape index (κ1) is 15.4.